The zero-order chi connectivity index (χ0) is 13.8. The molecule has 1 amide bonds. The summed E-state index contributed by atoms with van der Waals surface area (Å²) >= 11 is 0. The second kappa shape index (κ2) is 13.1. The largest absolute Gasteiger partial charge is 0.370 e. The first-order chi connectivity index (χ1) is 8.60. The Morgan fingerprint density at radius 2 is 2.05 bits per heavy atom. The minimum Gasteiger partial charge on any atom is -0.370 e. The van der Waals surface area contributed by atoms with E-state index in [4.69, 9.17) is 11.1 Å². The van der Waals surface area contributed by atoms with E-state index in [1.165, 1.54) is 0 Å². The third-order valence-electron chi connectivity index (χ3n) is 2.53. The van der Waals surface area contributed by atoms with Gasteiger partial charge in [-0.05, 0) is 19.3 Å². The highest BCUT2D eigenvalue weighted by molar-refractivity contribution is 5.85. The van der Waals surface area contributed by atoms with Gasteiger partial charge in [-0.2, -0.15) is 0 Å². The quantitative estimate of drug-likeness (QED) is 0.208. The molecule has 1 atom stereocenters. The molecule has 0 aliphatic carbocycles. The highest BCUT2D eigenvalue weighted by Crippen LogP contribution is 2.00. The van der Waals surface area contributed by atoms with Crippen LogP contribution in [-0.4, -0.2) is 30.7 Å². The van der Waals surface area contributed by atoms with Crippen LogP contribution in [0, 0.1) is 5.41 Å². The first kappa shape index (κ1) is 20.0. The summed E-state index contributed by atoms with van der Waals surface area (Å²) in [4.78, 5) is 22.3. The van der Waals surface area contributed by atoms with Gasteiger partial charge in [-0.1, -0.05) is 19.8 Å². The number of amides is 1. The molecule has 0 aliphatic rings. The van der Waals surface area contributed by atoms with Gasteiger partial charge in [0.1, 0.15) is 6.29 Å². The number of unbranched alkanes of at least 4 members (excludes halogenated alkanes) is 2. The van der Waals surface area contributed by atoms with Crippen LogP contribution in [0.3, 0.4) is 0 Å². The normalized spacial score (nSPS) is 11.0. The number of carbonyl (C=O) groups excluding carboxylic acids is 2. The lowest BCUT2D eigenvalue weighted by Crippen LogP contribution is -2.37. The van der Waals surface area contributed by atoms with E-state index in [2.05, 4.69) is 17.6 Å². The summed E-state index contributed by atoms with van der Waals surface area (Å²) in [5.41, 5.74) is 5.12. The average Bonchev–Trinajstić information content (AvgIpc) is 2.33. The van der Waals surface area contributed by atoms with Crippen LogP contribution < -0.4 is 16.4 Å². The first-order valence-electron chi connectivity index (χ1n) is 6.42. The minimum atomic E-state index is -0.437. The van der Waals surface area contributed by atoms with Gasteiger partial charge in [0.15, 0.2) is 5.96 Å². The van der Waals surface area contributed by atoms with Gasteiger partial charge in [-0.15, -0.1) is 12.4 Å². The predicted molar refractivity (Wildman–Crippen MR) is 78.5 cm³/mol. The van der Waals surface area contributed by atoms with E-state index in [9.17, 15) is 9.59 Å². The Bertz CT molecular complexity index is 274. The summed E-state index contributed by atoms with van der Waals surface area (Å²) in [6.07, 6.45) is 5.43. The molecule has 5 N–H and O–H groups in total. The molecule has 19 heavy (non-hydrogen) atoms. The van der Waals surface area contributed by atoms with E-state index in [1.54, 1.807) is 0 Å². The molecule has 0 radical (unpaired) electrons. The molecular weight excluding hydrogens is 268 g/mol. The first-order valence-corrected chi connectivity index (χ1v) is 6.42. The van der Waals surface area contributed by atoms with Crippen molar-refractivity contribution in [3.8, 4) is 0 Å². The number of nitrogens with one attached hydrogen (secondary N) is 3. The summed E-state index contributed by atoms with van der Waals surface area (Å²) in [6, 6.07) is -0.437. The second-order valence-corrected chi connectivity index (χ2v) is 4.25. The van der Waals surface area contributed by atoms with Gasteiger partial charge in [0.2, 0.25) is 5.91 Å². The van der Waals surface area contributed by atoms with Gasteiger partial charge in [0.25, 0.3) is 0 Å². The van der Waals surface area contributed by atoms with Crippen LogP contribution in [0.5, 0.6) is 0 Å². The molecular formula is C12H25ClN4O2. The van der Waals surface area contributed by atoms with Crippen molar-refractivity contribution >= 4 is 30.6 Å². The number of hydrogen-bond acceptors (Lipinski definition) is 3. The summed E-state index contributed by atoms with van der Waals surface area (Å²) in [5.74, 6) is -0.152. The van der Waals surface area contributed by atoms with Gasteiger partial charge >= 0.3 is 0 Å². The second-order valence-electron chi connectivity index (χ2n) is 4.25. The predicted octanol–water partition coefficient (Wildman–Crippen LogP) is 0.935. The number of halogens is 1. The summed E-state index contributed by atoms with van der Waals surface area (Å²) in [7, 11) is 0. The molecule has 0 bridgehead atoms. The zero-order valence-corrected chi connectivity index (χ0v) is 12.2. The maximum Gasteiger partial charge on any atom is 0.220 e. The Balaban J connectivity index is 0. The standard InChI is InChI=1S/C12H24N4O2.ClH/c1-2-3-4-7-11(18)16-10(9-17)6-5-8-15-12(13)14;/h9-10H,2-8H2,1H3,(H,16,18)(H4,13,14,15);1H/t10-;/m0./s1. The smallest absolute Gasteiger partial charge is 0.220 e. The monoisotopic (exact) mass is 292 g/mol. The lowest BCUT2D eigenvalue weighted by Gasteiger charge is -2.12. The summed E-state index contributed by atoms with van der Waals surface area (Å²) in [5, 5.41) is 12.3. The Kier molecular flexibility index (Phi) is 13.8. The van der Waals surface area contributed by atoms with E-state index in [0.29, 0.717) is 25.8 Å². The number of guanidine groups is 1. The third-order valence-corrected chi connectivity index (χ3v) is 2.53. The molecule has 6 nitrogen and oxygen atoms in total. The van der Waals surface area contributed by atoms with E-state index in [1.807, 2.05) is 0 Å². The molecule has 0 saturated carbocycles. The average molecular weight is 293 g/mol. The molecule has 112 valence electrons. The van der Waals surface area contributed by atoms with Crippen molar-refractivity contribution in [3.05, 3.63) is 0 Å². The van der Waals surface area contributed by atoms with Crippen molar-refractivity contribution in [2.24, 2.45) is 5.73 Å². The lowest BCUT2D eigenvalue weighted by atomic mass is 10.1. The Labute approximate surface area is 120 Å². The molecule has 0 saturated heterocycles. The van der Waals surface area contributed by atoms with E-state index < -0.39 is 6.04 Å². The summed E-state index contributed by atoms with van der Waals surface area (Å²) in [6.45, 7) is 2.61. The van der Waals surface area contributed by atoms with Crippen molar-refractivity contribution in [1.82, 2.24) is 10.6 Å². The van der Waals surface area contributed by atoms with E-state index in [0.717, 1.165) is 25.5 Å². The molecule has 0 unspecified atom stereocenters. The molecule has 0 spiro atoms. The minimum absolute atomic E-state index is 0. The van der Waals surface area contributed by atoms with Gasteiger partial charge in [0, 0.05) is 13.0 Å². The molecule has 0 aliphatic heterocycles. The van der Waals surface area contributed by atoms with Gasteiger partial charge < -0.3 is 21.2 Å². The van der Waals surface area contributed by atoms with Crippen LogP contribution in [0.4, 0.5) is 0 Å². The summed E-state index contributed by atoms with van der Waals surface area (Å²) < 4.78 is 0. The number of rotatable bonds is 10. The van der Waals surface area contributed by atoms with Gasteiger partial charge in [0.05, 0.1) is 6.04 Å². The van der Waals surface area contributed by atoms with Crippen molar-refractivity contribution in [3.63, 3.8) is 0 Å². The van der Waals surface area contributed by atoms with Crippen LogP contribution >= 0.6 is 12.4 Å². The number of hydrogen-bond donors (Lipinski definition) is 4. The molecule has 0 rings (SSSR count). The fourth-order valence-corrected chi connectivity index (χ4v) is 1.53. The van der Waals surface area contributed by atoms with Crippen LogP contribution in [0.2, 0.25) is 0 Å². The van der Waals surface area contributed by atoms with Crippen LogP contribution in [0.1, 0.15) is 45.4 Å². The molecule has 0 aromatic heterocycles. The Morgan fingerprint density at radius 3 is 2.58 bits per heavy atom. The topological polar surface area (TPSA) is 108 Å². The fourth-order valence-electron chi connectivity index (χ4n) is 1.53. The van der Waals surface area contributed by atoms with Crippen molar-refractivity contribution < 1.29 is 9.59 Å². The highest BCUT2D eigenvalue weighted by atomic mass is 35.5. The van der Waals surface area contributed by atoms with Crippen LogP contribution in [-0.2, 0) is 9.59 Å². The molecule has 0 aromatic rings. The number of aldehydes is 1. The number of nitrogens with two attached hydrogens (primary N) is 1. The molecule has 7 heteroatoms. The number of carbonyl (C=O) groups is 2. The van der Waals surface area contributed by atoms with Gasteiger partial charge in [-0.25, -0.2) is 0 Å². The van der Waals surface area contributed by atoms with E-state index >= 15 is 0 Å². The van der Waals surface area contributed by atoms with Crippen LogP contribution in [0.25, 0.3) is 0 Å². The lowest BCUT2D eigenvalue weighted by molar-refractivity contribution is -0.124. The molecule has 0 heterocycles. The van der Waals surface area contributed by atoms with Crippen molar-refractivity contribution in [2.75, 3.05) is 6.54 Å². The third kappa shape index (κ3) is 12.9. The van der Waals surface area contributed by atoms with Crippen molar-refractivity contribution in [1.29, 1.82) is 5.41 Å². The zero-order valence-electron chi connectivity index (χ0n) is 11.4. The Hall–Kier alpha value is -1.30. The Morgan fingerprint density at radius 1 is 1.37 bits per heavy atom. The SMILES string of the molecule is CCCCCC(=O)N[C@H](C=O)CCCNC(=N)N.Cl. The molecule has 0 aromatic carbocycles. The maximum absolute atomic E-state index is 11.5. The van der Waals surface area contributed by atoms with Crippen LogP contribution in [0.15, 0.2) is 0 Å². The maximum atomic E-state index is 11.5. The fraction of sp³-hybridized carbons (Fsp3) is 0.750. The highest BCUT2D eigenvalue weighted by Gasteiger charge is 2.10. The van der Waals surface area contributed by atoms with Gasteiger partial charge in [-0.3, -0.25) is 10.2 Å². The van der Waals surface area contributed by atoms with Crippen molar-refractivity contribution in [2.45, 2.75) is 51.5 Å². The molecule has 0 fully saturated rings. The van der Waals surface area contributed by atoms with E-state index in [-0.39, 0.29) is 24.3 Å².